The summed E-state index contributed by atoms with van der Waals surface area (Å²) in [7, 11) is 0. The number of amides is 2. The topological polar surface area (TPSA) is 67.2 Å². The van der Waals surface area contributed by atoms with Crippen LogP contribution in [0.4, 0.5) is 18.9 Å². The van der Waals surface area contributed by atoms with E-state index in [1.807, 2.05) is 0 Å². The third-order valence-corrected chi connectivity index (χ3v) is 6.36. The Morgan fingerprint density at radius 1 is 1.08 bits per heavy atom. The quantitative estimate of drug-likeness (QED) is 0.387. The van der Waals surface area contributed by atoms with Gasteiger partial charge in [-0.15, -0.1) is 0 Å². The van der Waals surface area contributed by atoms with E-state index < -0.39 is 23.9 Å². The van der Waals surface area contributed by atoms with E-state index in [0.717, 1.165) is 5.52 Å². The van der Waals surface area contributed by atoms with Crippen LogP contribution >= 0.6 is 11.6 Å². The van der Waals surface area contributed by atoms with Crippen LogP contribution < -0.4 is 10.2 Å². The van der Waals surface area contributed by atoms with Crippen molar-refractivity contribution in [2.45, 2.75) is 31.4 Å². The summed E-state index contributed by atoms with van der Waals surface area (Å²) < 4.78 is 42.3. The third-order valence-electron chi connectivity index (χ3n) is 6.13. The van der Waals surface area contributed by atoms with Crippen molar-refractivity contribution >= 4 is 40.0 Å². The van der Waals surface area contributed by atoms with Crippen LogP contribution in [0.2, 0.25) is 5.02 Å². The van der Waals surface area contributed by atoms with E-state index >= 15 is 0 Å². The van der Waals surface area contributed by atoms with Gasteiger partial charge in [-0.2, -0.15) is 13.9 Å². The molecule has 0 saturated carbocycles. The molecule has 6 nitrogen and oxygen atoms in total. The Morgan fingerprint density at radius 3 is 2.50 bits per heavy atom. The van der Waals surface area contributed by atoms with Crippen LogP contribution in [0, 0.1) is 5.82 Å². The van der Waals surface area contributed by atoms with Crippen molar-refractivity contribution in [3.05, 3.63) is 89.3 Å². The van der Waals surface area contributed by atoms with E-state index in [-0.39, 0.29) is 18.1 Å². The Hall–Kier alpha value is -3.85. The maximum Gasteiger partial charge on any atom is 0.321 e. The van der Waals surface area contributed by atoms with Gasteiger partial charge in [-0.1, -0.05) is 23.7 Å². The summed E-state index contributed by atoms with van der Waals surface area (Å²) >= 11 is 6.18. The molecule has 5 rings (SSSR count). The summed E-state index contributed by atoms with van der Waals surface area (Å²) in [5.74, 6) is -5.75. The van der Waals surface area contributed by atoms with E-state index in [2.05, 4.69) is 10.4 Å². The van der Waals surface area contributed by atoms with Gasteiger partial charge in [0.05, 0.1) is 29.5 Å². The number of rotatable bonds is 5. The molecule has 0 bridgehead atoms. The first-order valence-corrected chi connectivity index (χ1v) is 11.5. The second kappa shape index (κ2) is 8.98. The van der Waals surface area contributed by atoms with Crippen LogP contribution in [0.3, 0.4) is 0 Å². The molecule has 10 heteroatoms. The minimum Gasteiger partial charge on any atom is -0.345 e. The zero-order valence-corrected chi connectivity index (χ0v) is 19.7. The van der Waals surface area contributed by atoms with Gasteiger partial charge in [0, 0.05) is 29.4 Å². The molecule has 2 amide bonds. The SMILES string of the molecule is CC(F)(F)C(=O)N[C@H]1CC(=O)N(c2ccc3c(cnn3-c3ccc(F)cc3)c2)[C@@H]1c1cccc(Cl)c1. The van der Waals surface area contributed by atoms with Crippen molar-refractivity contribution in [1.29, 1.82) is 0 Å². The molecule has 0 aliphatic carbocycles. The van der Waals surface area contributed by atoms with Gasteiger partial charge in [-0.3, -0.25) is 9.59 Å². The molecule has 3 aromatic carbocycles. The standard InChI is InChI=1S/C26H20ClF3N4O2/c1-26(29,30)25(36)32-21-13-23(35)33(24(21)15-3-2-4-17(27)11-15)20-9-10-22-16(12-20)14-31-34(22)19-7-5-18(28)6-8-19/h2-12,14,21,24H,13H2,1H3,(H,32,36)/t21-,24+/m0/s1. The lowest BCUT2D eigenvalue weighted by Crippen LogP contribution is -2.46. The van der Waals surface area contributed by atoms with Crippen LogP contribution in [0.15, 0.2) is 72.9 Å². The average molecular weight is 513 g/mol. The predicted molar refractivity (Wildman–Crippen MR) is 130 cm³/mol. The summed E-state index contributed by atoms with van der Waals surface area (Å²) in [4.78, 5) is 26.8. The van der Waals surface area contributed by atoms with E-state index in [0.29, 0.717) is 34.3 Å². The van der Waals surface area contributed by atoms with Gasteiger partial charge >= 0.3 is 5.92 Å². The second-order valence-corrected chi connectivity index (χ2v) is 9.15. The fourth-order valence-electron chi connectivity index (χ4n) is 4.49. The molecular weight excluding hydrogens is 493 g/mol. The maximum absolute atomic E-state index is 13.7. The molecule has 0 spiro atoms. The normalized spacial score (nSPS) is 18.1. The van der Waals surface area contributed by atoms with Gasteiger partial charge < -0.3 is 10.2 Å². The highest BCUT2D eigenvalue weighted by Crippen LogP contribution is 2.39. The zero-order chi connectivity index (χ0) is 25.6. The number of carbonyl (C=O) groups excluding carboxylic acids is 2. The highest BCUT2D eigenvalue weighted by molar-refractivity contribution is 6.30. The Bertz CT molecular complexity index is 1470. The molecule has 0 unspecified atom stereocenters. The minimum absolute atomic E-state index is 0.161. The summed E-state index contributed by atoms with van der Waals surface area (Å²) in [6.45, 7) is 0.512. The maximum atomic E-state index is 13.7. The fourth-order valence-corrected chi connectivity index (χ4v) is 4.69. The Kier molecular flexibility index (Phi) is 5.96. The van der Waals surface area contributed by atoms with Crippen LogP contribution in [0.5, 0.6) is 0 Å². The highest BCUT2D eigenvalue weighted by Gasteiger charge is 2.45. The lowest BCUT2D eigenvalue weighted by molar-refractivity contribution is -0.143. The number of benzene rings is 3. The van der Waals surface area contributed by atoms with E-state index in [1.165, 1.54) is 17.0 Å². The first-order chi connectivity index (χ1) is 17.1. The lowest BCUT2D eigenvalue weighted by atomic mass is 9.99. The number of halogens is 4. The summed E-state index contributed by atoms with van der Waals surface area (Å²) in [5, 5.41) is 7.85. The van der Waals surface area contributed by atoms with Gasteiger partial charge in [-0.25, -0.2) is 9.07 Å². The number of alkyl halides is 2. The van der Waals surface area contributed by atoms with E-state index in [1.54, 1.807) is 65.5 Å². The first kappa shape index (κ1) is 23.9. The van der Waals surface area contributed by atoms with Crippen LogP contribution in [0.25, 0.3) is 16.6 Å². The van der Waals surface area contributed by atoms with Crippen molar-refractivity contribution in [3.8, 4) is 5.69 Å². The molecule has 1 N–H and O–H groups in total. The molecule has 1 aromatic heterocycles. The average Bonchev–Trinajstić information content (AvgIpc) is 3.39. The molecule has 1 saturated heterocycles. The molecular formula is C26H20ClF3N4O2. The minimum atomic E-state index is -3.59. The van der Waals surface area contributed by atoms with Gasteiger partial charge in [0.25, 0.3) is 5.91 Å². The van der Waals surface area contributed by atoms with E-state index in [9.17, 15) is 22.8 Å². The number of fused-ring (bicyclic) bond motifs is 1. The summed E-state index contributed by atoms with van der Waals surface area (Å²) in [6, 6.07) is 16.2. The predicted octanol–water partition coefficient (Wildman–Crippen LogP) is 5.44. The summed E-state index contributed by atoms with van der Waals surface area (Å²) in [5.41, 5.74) is 2.50. The monoisotopic (exact) mass is 512 g/mol. The number of hydrogen-bond donors (Lipinski definition) is 1. The number of nitrogens with one attached hydrogen (secondary N) is 1. The first-order valence-electron chi connectivity index (χ1n) is 11.1. The fraction of sp³-hybridized carbons (Fsp3) is 0.192. The van der Waals surface area contributed by atoms with Gasteiger partial charge in [-0.05, 0) is 60.2 Å². The van der Waals surface area contributed by atoms with Crippen LogP contribution in [-0.2, 0) is 9.59 Å². The second-order valence-electron chi connectivity index (χ2n) is 8.71. The zero-order valence-electron chi connectivity index (χ0n) is 19.0. The third kappa shape index (κ3) is 4.42. The van der Waals surface area contributed by atoms with Crippen molar-refractivity contribution in [2.75, 3.05) is 4.90 Å². The van der Waals surface area contributed by atoms with Crippen molar-refractivity contribution < 1.29 is 22.8 Å². The molecule has 2 atom stereocenters. The van der Waals surface area contributed by atoms with Crippen molar-refractivity contribution in [2.24, 2.45) is 0 Å². The van der Waals surface area contributed by atoms with E-state index in [4.69, 9.17) is 11.6 Å². The Labute approximate surface area is 209 Å². The summed E-state index contributed by atoms with van der Waals surface area (Å²) in [6.07, 6.45) is 1.46. The molecule has 1 aliphatic heterocycles. The molecule has 1 aliphatic rings. The van der Waals surface area contributed by atoms with Gasteiger partial charge in [0.15, 0.2) is 0 Å². The molecule has 184 valence electrons. The smallest absolute Gasteiger partial charge is 0.321 e. The van der Waals surface area contributed by atoms with Crippen LogP contribution in [0.1, 0.15) is 24.9 Å². The molecule has 4 aromatic rings. The van der Waals surface area contributed by atoms with Gasteiger partial charge in [0.2, 0.25) is 5.91 Å². The largest absolute Gasteiger partial charge is 0.345 e. The highest BCUT2D eigenvalue weighted by atomic mass is 35.5. The molecule has 2 heterocycles. The number of anilines is 1. The van der Waals surface area contributed by atoms with Crippen molar-refractivity contribution in [3.63, 3.8) is 0 Å². The molecule has 1 fully saturated rings. The van der Waals surface area contributed by atoms with Gasteiger partial charge in [0.1, 0.15) is 5.82 Å². The number of aromatic nitrogens is 2. The number of hydrogen-bond acceptors (Lipinski definition) is 3. The Morgan fingerprint density at radius 2 is 1.81 bits per heavy atom. The molecule has 0 radical (unpaired) electrons. The molecule has 36 heavy (non-hydrogen) atoms. The Balaban J connectivity index is 1.55. The number of carbonyl (C=O) groups is 2. The number of nitrogens with zero attached hydrogens (tertiary/aromatic N) is 3. The van der Waals surface area contributed by atoms with Crippen molar-refractivity contribution in [1.82, 2.24) is 15.1 Å². The van der Waals surface area contributed by atoms with Crippen LogP contribution in [-0.4, -0.2) is 33.6 Å². The lowest BCUT2D eigenvalue weighted by Gasteiger charge is -2.30.